The van der Waals surface area contributed by atoms with Crippen LogP contribution in [0.5, 0.6) is 0 Å². The van der Waals surface area contributed by atoms with Crippen molar-refractivity contribution in [2.24, 2.45) is 0 Å². The van der Waals surface area contributed by atoms with E-state index < -0.39 is 17.6 Å². The lowest BCUT2D eigenvalue weighted by Crippen LogP contribution is -2.04. The maximum absolute atomic E-state index is 14.7. The second kappa shape index (κ2) is 7.36. The molecule has 4 rings (SSSR count). The van der Waals surface area contributed by atoms with E-state index in [-0.39, 0.29) is 5.56 Å². The van der Waals surface area contributed by atoms with Gasteiger partial charge >= 0.3 is 6.18 Å². The molecule has 0 atom stereocenters. The third-order valence-electron chi connectivity index (χ3n) is 5.14. The highest BCUT2D eigenvalue weighted by Crippen LogP contribution is 2.33. The minimum atomic E-state index is -4.41. The number of aryl methyl sites for hydroxylation is 1. The van der Waals surface area contributed by atoms with Gasteiger partial charge in [0.1, 0.15) is 5.82 Å². The summed E-state index contributed by atoms with van der Waals surface area (Å²) in [5.41, 5.74) is 2.81. The molecule has 0 heterocycles. The van der Waals surface area contributed by atoms with Gasteiger partial charge in [-0.1, -0.05) is 61.5 Å². The fourth-order valence-electron chi connectivity index (χ4n) is 3.46. The van der Waals surface area contributed by atoms with E-state index in [9.17, 15) is 17.6 Å². The van der Waals surface area contributed by atoms with E-state index >= 15 is 0 Å². The van der Waals surface area contributed by atoms with Gasteiger partial charge in [-0.15, -0.1) is 0 Å². The first-order valence-electron chi connectivity index (χ1n) is 9.35. The maximum atomic E-state index is 14.7. The molecule has 0 aromatic heterocycles. The number of fused-ring (bicyclic) bond motifs is 1. The van der Waals surface area contributed by atoms with Gasteiger partial charge < -0.3 is 0 Å². The molecule has 0 fully saturated rings. The summed E-state index contributed by atoms with van der Waals surface area (Å²) in [6.45, 7) is 2.11. The van der Waals surface area contributed by atoms with Crippen LogP contribution < -0.4 is 0 Å². The Bertz CT molecular complexity index is 1170. The van der Waals surface area contributed by atoms with E-state index in [2.05, 4.69) is 25.1 Å². The SMILES string of the molecule is CCc1ccc2cc(-c3ccc(-c4ccc(C(F)(F)F)cc4)c(F)c3)ccc2c1. The number of halogens is 4. The van der Waals surface area contributed by atoms with E-state index in [0.29, 0.717) is 5.56 Å². The summed E-state index contributed by atoms with van der Waals surface area (Å²) in [6.07, 6.45) is -3.44. The third kappa shape index (κ3) is 3.88. The van der Waals surface area contributed by atoms with Gasteiger partial charge in [0.15, 0.2) is 0 Å². The highest BCUT2D eigenvalue weighted by Gasteiger charge is 2.30. The minimum absolute atomic E-state index is 0.274. The van der Waals surface area contributed by atoms with Crippen LogP contribution in [0.1, 0.15) is 18.1 Å². The summed E-state index contributed by atoms with van der Waals surface area (Å²) in [5.74, 6) is -0.469. The fourth-order valence-corrected chi connectivity index (χ4v) is 3.46. The Kier molecular flexibility index (Phi) is 4.87. The summed E-state index contributed by atoms with van der Waals surface area (Å²) in [7, 11) is 0. The van der Waals surface area contributed by atoms with Crippen LogP contribution in [0.25, 0.3) is 33.0 Å². The van der Waals surface area contributed by atoms with Crippen molar-refractivity contribution in [3.05, 3.63) is 95.8 Å². The molecule has 0 aliphatic heterocycles. The van der Waals surface area contributed by atoms with E-state index in [4.69, 9.17) is 0 Å². The lowest BCUT2D eigenvalue weighted by molar-refractivity contribution is -0.137. The Labute approximate surface area is 166 Å². The van der Waals surface area contributed by atoms with Crippen molar-refractivity contribution >= 4 is 10.8 Å². The minimum Gasteiger partial charge on any atom is -0.206 e. The zero-order chi connectivity index (χ0) is 20.6. The predicted octanol–water partition coefficient (Wildman–Crippen LogP) is 7.89. The molecule has 0 nitrogen and oxygen atoms in total. The summed E-state index contributed by atoms with van der Waals surface area (Å²) in [5, 5.41) is 2.21. The van der Waals surface area contributed by atoms with Gasteiger partial charge in [0.25, 0.3) is 0 Å². The number of rotatable bonds is 3. The van der Waals surface area contributed by atoms with Crippen LogP contribution in [0, 0.1) is 5.82 Å². The van der Waals surface area contributed by atoms with E-state index in [1.165, 1.54) is 23.8 Å². The monoisotopic (exact) mass is 394 g/mol. The molecule has 0 saturated heterocycles. The van der Waals surface area contributed by atoms with E-state index in [0.717, 1.165) is 40.5 Å². The fraction of sp³-hybridized carbons (Fsp3) is 0.120. The molecule has 146 valence electrons. The molecular weight excluding hydrogens is 376 g/mol. The first-order chi connectivity index (χ1) is 13.8. The zero-order valence-electron chi connectivity index (χ0n) is 15.7. The predicted molar refractivity (Wildman–Crippen MR) is 109 cm³/mol. The van der Waals surface area contributed by atoms with Gasteiger partial charge in [-0.3, -0.25) is 0 Å². The van der Waals surface area contributed by atoms with Crippen LogP contribution in [-0.4, -0.2) is 0 Å². The largest absolute Gasteiger partial charge is 0.416 e. The molecule has 0 spiro atoms. The molecule has 0 amide bonds. The Morgan fingerprint density at radius 1 is 0.655 bits per heavy atom. The van der Waals surface area contributed by atoms with Crippen LogP contribution in [0.15, 0.2) is 78.9 Å². The molecule has 0 unspecified atom stereocenters. The van der Waals surface area contributed by atoms with Crippen molar-refractivity contribution in [2.45, 2.75) is 19.5 Å². The van der Waals surface area contributed by atoms with Crippen molar-refractivity contribution < 1.29 is 17.6 Å². The topological polar surface area (TPSA) is 0 Å². The highest BCUT2D eigenvalue weighted by atomic mass is 19.4. The number of alkyl halides is 3. The Morgan fingerprint density at radius 3 is 1.90 bits per heavy atom. The number of hydrogen-bond acceptors (Lipinski definition) is 0. The average Bonchev–Trinajstić information content (AvgIpc) is 2.72. The smallest absolute Gasteiger partial charge is 0.206 e. The second-order valence-electron chi connectivity index (χ2n) is 7.02. The van der Waals surface area contributed by atoms with Gasteiger partial charge in [-0.05, 0) is 63.7 Å². The molecule has 0 N–H and O–H groups in total. The average molecular weight is 394 g/mol. The molecule has 0 saturated carbocycles. The Morgan fingerprint density at radius 2 is 1.24 bits per heavy atom. The molecule has 0 bridgehead atoms. The van der Waals surface area contributed by atoms with Gasteiger partial charge in [0.2, 0.25) is 0 Å². The third-order valence-corrected chi connectivity index (χ3v) is 5.14. The van der Waals surface area contributed by atoms with Gasteiger partial charge in [0, 0.05) is 5.56 Å². The Hall–Kier alpha value is -3.14. The van der Waals surface area contributed by atoms with Crippen molar-refractivity contribution in [1.29, 1.82) is 0 Å². The standard InChI is InChI=1S/C25H18F4/c1-2-16-3-4-19-14-20(6-5-18(19)13-16)21-9-12-23(24(26)15-21)17-7-10-22(11-8-17)25(27,28)29/h3-15H,2H2,1H3. The van der Waals surface area contributed by atoms with E-state index in [1.54, 1.807) is 12.1 Å². The summed E-state index contributed by atoms with van der Waals surface area (Å²) in [6, 6.07) is 21.6. The lowest BCUT2D eigenvalue weighted by atomic mass is 9.96. The molecular formula is C25H18F4. The van der Waals surface area contributed by atoms with Crippen LogP contribution in [0.4, 0.5) is 17.6 Å². The summed E-state index contributed by atoms with van der Waals surface area (Å²) < 4.78 is 52.9. The van der Waals surface area contributed by atoms with E-state index in [1.807, 2.05) is 18.2 Å². The second-order valence-corrected chi connectivity index (χ2v) is 7.02. The Balaban J connectivity index is 1.67. The maximum Gasteiger partial charge on any atom is 0.416 e. The quantitative estimate of drug-likeness (QED) is 0.310. The van der Waals surface area contributed by atoms with Crippen molar-refractivity contribution in [1.82, 2.24) is 0 Å². The first kappa shape index (κ1) is 19.2. The molecule has 4 aromatic rings. The van der Waals surface area contributed by atoms with Gasteiger partial charge in [0.05, 0.1) is 5.56 Å². The number of benzene rings is 4. The number of hydrogen-bond donors (Lipinski definition) is 0. The van der Waals surface area contributed by atoms with Crippen molar-refractivity contribution in [3.8, 4) is 22.3 Å². The summed E-state index contributed by atoms with van der Waals surface area (Å²) in [4.78, 5) is 0. The van der Waals surface area contributed by atoms with Crippen LogP contribution >= 0.6 is 0 Å². The summed E-state index contributed by atoms with van der Waals surface area (Å²) >= 11 is 0. The zero-order valence-corrected chi connectivity index (χ0v) is 15.7. The normalized spacial score (nSPS) is 11.8. The molecule has 29 heavy (non-hydrogen) atoms. The molecule has 4 heteroatoms. The highest BCUT2D eigenvalue weighted by molar-refractivity contribution is 5.88. The molecule has 0 aliphatic rings. The van der Waals surface area contributed by atoms with Crippen LogP contribution in [-0.2, 0) is 12.6 Å². The molecule has 0 radical (unpaired) electrons. The van der Waals surface area contributed by atoms with Gasteiger partial charge in [-0.25, -0.2) is 4.39 Å². The first-order valence-corrected chi connectivity index (χ1v) is 9.35. The van der Waals surface area contributed by atoms with Crippen LogP contribution in [0.3, 0.4) is 0 Å². The molecule has 0 aliphatic carbocycles. The van der Waals surface area contributed by atoms with Crippen LogP contribution in [0.2, 0.25) is 0 Å². The van der Waals surface area contributed by atoms with Crippen molar-refractivity contribution in [3.63, 3.8) is 0 Å². The van der Waals surface area contributed by atoms with Gasteiger partial charge in [-0.2, -0.15) is 13.2 Å². The lowest BCUT2D eigenvalue weighted by Gasteiger charge is -2.10. The molecule has 4 aromatic carbocycles. The van der Waals surface area contributed by atoms with Crippen molar-refractivity contribution in [2.75, 3.05) is 0 Å².